The average molecular weight is 293 g/mol. The zero-order valence-electron chi connectivity index (χ0n) is 11.0. The first-order valence-electron chi connectivity index (χ1n) is 5.89. The maximum atomic E-state index is 12.0. The molecule has 106 valence electrons. The van der Waals surface area contributed by atoms with Gasteiger partial charge in [0.2, 0.25) is 0 Å². The van der Waals surface area contributed by atoms with Crippen LogP contribution in [0.2, 0.25) is 0 Å². The van der Waals surface area contributed by atoms with Crippen LogP contribution in [0.3, 0.4) is 0 Å². The lowest BCUT2D eigenvalue weighted by molar-refractivity contribution is 0.0821. The fourth-order valence-corrected chi connectivity index (χ4v) is 2.22. The van der Waals surface area contributed by atoms with E-state index in [-0.39, 0.29) is 5.78 Å². The van der Waals surface area contributed by atoms with Gasteiger partial charge in [0.1, 0.15) is 11.9 Å². The predicted molar refractivity (Wildman–Crippen MR) is 74.3 cm³/mol. The standard InChI is InChI=1S/C14H14O5S/c1-9(19-20(16)17)14(15)12-4-3-11-8-13(18-2)6-5-10(11)7-12/h3-9H,1-2H3,(H,16,17)/p-1. The Morgan fingerprint density at radius 3 is 2.50 bits per heavy atom. The molecule has 0 bridgehead atoms. The molecule has 5 nitrogen and oxygen atoms in total. The number of hydrogen-bond acceptors (Lipinski definition) is 5. The van der Waals surface area contributed by atoms with Crippen LogP contribution in [0.25, 0.3) is 10.8 Å². The summed E-state index contributed by atoms with van der Waals surface area (Å²) in [5, 5.41) is 1.80. The lowest BCUT2D eigenvalue weighted by Crippen LogP contribution is -2.21. The van der Waals surface area contributed by atoms with Gasteiger partial charge in [0, 0.05) is 5.56 Å². The van der Waals surface area contributed by atoms with Gasteiger partial charge in [-0.05, 0) is 35.9 Å². The first-order chi connectivity index (χ1) is 9.51. The van der Waals surface area contributed by atoms with E-state index in [2.05, 4.69) is 4.18 Å². The summed E-state index contributed by atoms with van der Waals surface area (Å²) in [6.45, 7) is 1.40. The van der Waals surface area contributed by atoms with Crippen LogP contribution in [0, 0.1) is 0 Å². The highest BCUT2D eigenvalue weighted by molar-refractivity contribution is 7.74. The van der Waals surface area contributed by atoms with E-state index < -0.39 is 17.5 Å². The molecule has 0 saturated heterocycles. The van der Waals surface area contributed by atoms with Gasteiger partial charge in [-0.2, -0.15) is 0 Å². The van der Waals surface area contributed by atoms with E-state index in [1.54, 1.807) is 31.4 Å². The number of ketones is 1. The van der Waals surface area contributed by atoms with Crippen LogP contribution < -0.4 is 4.74 Å². The van der Waals surface area contributed by atoms with Gasteiger partial charge in [0.05, 0.1) is 18.5 Å². The summed E-state index contributed by atoms with van der Waals surface area (Å²) >= 11 is -2.71. The molecule has 6 heteroatoms. The van der Waals surface area contributed by atoms with Crippen molar-refractivity contribution in [2.75, 3.05) is 7.11 Å². The molecule has 0 saturated carbocycles. The molecule has 0 aliphatic rings. The number of methoxy groups -OCH3 is 1. The highest BCUT2D eigenvalue weighted by atomic mass is 32.2. The molecule has 2 rings (SSSR count). The topological polar surface area (TPSA) is 75.7 Å². The first kappa shape index (κ1) is 14.6. The Labute approximate surface area is 119 Å². The number of ether oxygens (including phenoxy) is 1. The summed E-state index contributed by atoms with van der Waals surface area (Å²) in [4.78, 5) is 12.0. The Bertz CT molecular complexity index is 668. The molecular formula is C14H13O5S-. The van der Waals surface area contributed by atoms with Crippen molar-refractivity contribution in [1.29, 1.82) is 0 Å². The van der Waals surface area contributed by atoms with E-state index in [4.69, 9.17) is 4.74 Å². The molecule has 2 aromatic carbocycles. The molecule has 2 unspecified atom stereocenters. The smallest absolute Gasteiger partial charge is 0.192 e. The van der Waals surface area contributed by atoms with E-state index in [0.29, 0.717) is 5.56 Å². The van der Waals surface area contributed by atoms with Crippen molar-refractivity contribution in [3.8, 4) is 5.75 Å². The Kier molecular flexibility index (Phi) is 4.49. The minimum absolute atomic E-state index is 0.382. The number of hydrogen-bond donors (Lipinski definition) is 0. The van der Waals surface area contributed by atoms with E-state index in [0.717, 1.165) is 16.5 Å². The second kappa shape index (κ2) is 6.13. The third kappa shape index (κ3) is 3.22. The molecule has 0 spiro atoms. The first-order valence-corrected chi connectivity index (χ1v) is 6.89. The van der Waals surface area contributed by atoms with Crippen molar-refractivity contribution >= 4 is 27.9 Å². The molecule has 20 heavy (non-hydrogen) atoms. The highest BCUT2D eigenvalue weighted by Crippen LogP contribution is 2.22. The lowest BCUT2D eigenvalue weighted by Gasteiger charge is -2.13. The van der Waals surface area contributed by atoms with Crippen LogP contribution in [0.1, 0.15) is 17.3 Å². The third-order valence-corrected chi connectivity index (χ3v) is 3.37. The maximum absolute atomic E-state index is 12.0. The summed E-state index contributed by atoms with van der Waals surface area (Å²) in [6.07, 6.45) is -1.04. The van der Waals surface area contributed by atoms with Crippen LogP contribution in [0.15, 0.2) is 36.4 Å². The number of fused-ring (bicyclic) bond motifs is 1. The van der Waals surface area contributed by atoms with Crippen molar-refractivity contribution < 1.29 is 22.5 Å². The van der Waals surface area contributed by atoms with Gasteiger partial charge in [-0.15, -0.1) is 0 Å². The van der Waals surface area contributed by atoms with Crippen molar-refractivity contribution in [1.82, 2.24) is 0 Å². The molecule has 0 amide bonds. The van der Waals surface area contributed by atoms with E-state index in [1.165, 1.54) is 6.92 Å². The summed E-state index contributed by atoms with van der Waals surface area (Å²) in [5.74, 6) is 0.349. The summed E-state index contributed by atoms with van der Waals surface area (Å²) in [5.41, 5.74) is 0.403. The van der Waals surface area contributed by atoms with Crippen LogP contribution in [-0.4, -0.2) is 27.8 Å². The quantitative estimate of drug-likeness (QED) is 0.624. The molecule has 2 aromatic rings. The van der Waals surface area contributed by atoms with Crippen LogP contribution in [0.5, 0.6) is 5.75 Å². The lowest BCUT2D eigenvalue weighted by atomic mass is 10.0. The molecule has 0 aromatic heterocycles. The zero-order chi connectivity index (χ0) is 14.7. The molecular weight excluding hydrogens is 280 g/mol. The molecule has 0 aliphatic carbocycles. The average Bonchev–Trinajstić information content (AvgIpc) is 2.44. The van der Waals surface area contributed by atoms with Gasteiger partial charge in [0.15, 0.2) is 5.78 Å². The normalized spacial score (nSPS) is 13.9. The number of carbonyl (C=O) groups excluding carboxylic acids is 1. The number of benzene rings is 2. The number of carbonyl (C=O) groups is 1. The van der Waals surface area contributed by atoms with Gasteiger partial charge in [-0.25, -0.2) is 4.21 Å². The van der Waals surface area contributed by atoms with E-state index >= 15 is 0 Å². The second-order valence-corrected chi connectivity index (χ2v) is 4.84. The summed E-state index contributed by atoms with van der Waals surface area (Å²) < 4.78 is 30.5. The van der Waals surface area contributed by atoms with Gasteiger partial charge in [-0.1, -0.05) is 18.2 Å². The Morgan fingerprint density at radius 2 is 1.85 bits per heavy atom. The van der Waals surface area contributed by atoms with Gasteiger partial charge in [-0.3, -0.25) is 8.98 Å². The highest BCUT2D eigenvalue weighted by Gasteiger charge is 2.16. The summed E-state index contributed by atoms with van der Waals surface area (Å²) in [7, 11) is 1.58. The third-order valence-electron chi connectivity index (χ3n) is 2.92. The summed E-state index contributed by atoms with van der Waals surface area (Å²) in [6, 6.07) is 10.6. The van der Waals surface area contributed by atoms with Crippen LogP contribution >= 0.6 is 0 Å². The number of rotatable bonds is 5. The largest absolute Gasteiger partial charge is 0.750 e. The molecule has 0 fully saturated rings. The van der Waals surface area contributed by atoms with E-state index in [1.807, 2.05) is 12.1 Å². The van der Waals surface area contributed by atoms with Gasteiger partial charge < -0.3 is 9.29 Å². The fraction of sp³-hybridized carbons (Fsp3) is 0.214. The minimum atomic E-state index is -2.71. The van der Waals surface area contributed by atoms with E-state index in [9.17, 15) is 13.6 Å². The van der Waals surface area contributed by atoms with Gasteiger partial charge >= 0.3 is 0 Å². The molecule has 0 heterocycles. The molecule has 0 aliphatic heterocycles. The molecule has 0 N–H and O–H groups in total. The minimum Gasteiger partial charge on any atom is -0.750 e. The predicted octanol–water partition coefficient (Wildman–Crippen LogP) is 2.23. The van der Waals surface area contributed by atoms with Crippen LogP contribution in [0.4, 0.5) is 0 Å². The monoisotopic (exact) mass is 293 g/mol. The van der Waals surface area contributed by atoms with Crippen LogP contribution in [-0.2, 0) is 15.5 Å². The SMILES string of the molecule is COc1ccc2cc(C(=O)C(C)OS(=O)[O-])ccc2c1. The van der Waals surface area contributed by atoms with Gasteiger partial charge in [0.25, 0.3) is 0 Å². The van der Waals surface area contributed by atoms with Crippen molar-refractivity contribution in [2.45, 2.75) is 13.0 Å². The van der Waals surface area contributed by atoms with Crippen molar-refractivity contribution in [2.24, 2.45) is 0 Å². The Hall–Kier alpha value is -1.76. The number of Topliss-reactive ketones (excluding diaryl/α,β-unsaturated/α-hetero) is 1. The molecule has 2 atom stereocenters. The van der Waals surface area contributed by atoms with Crippen molar-refractivity contribution in [3.63, 3.8) is 0 Å². The second-order valence-electron chi connectivity index (χ2n) is 4.23. The van der Waals surface area contributed by atoms with Crippen molar-refractivity contribution in [3.05, 3.63) is 42.0 Å². The Morgan fingerprint density at radius 1 is 1.20 bits per heavy atom. The maximum Gasteiger partial charge on any atom is 0.192 e. The zero-order valence-corrected chi connectivity index (χ0v) is 11.8. The fourth-order valence-electron chi connectivity index (χ4n) is 1.90. The molecule has 0 radical (unpaired) electrons. The Balaban J connectivity index is 2.32.